The highest BCUT2D eigenvalue weighted by Crippen LogP contribution is 2.47. The molecular formula is C21H18O7. The second-order valence-corrected chi connectivity index (χ2v) is 6.87. The van der Waals surface area contributed by atoms with E-state index < -0.39 is 17.7 Å². The maximum atomic E-state index is 13.4. The number of carbonyl (C=O) groups is 2. The fraction of sp³-hybridized carbons (Fsp3) is 0.238. The molecule has 7 nitrogen and oxygen atoms in total. The summed E-state index contributed by atoms with van der Waals surface area (Å²) in [5, 5.41) is 31.3. The van der Waals surface area contributed by atoms with Crippen molar-refractivity contribution in [1.82, 2.24) is 0 Å². The number of benzene rings is 2. The second-order valence-electron chi connectivity index (χ2n) is 6.87. The fourth-order valence-corrected chi connectivity index (χ4v) is 3.93. The molecule has 0 unspecified atom stereocenters. The summed E-state index contributed by atoms with van der Waals surface area (Å²) in [5.74, 6) is -1.71. The van der Waals surface area contributed by atoms with Crippen LogP contribution in [-0.2, 0) is 11.2 Å². The summed E-state index contributed by atoms with van der Waals surface area (Å²) in [7, 11) is 1.41. The summed E-state index contributed by atoms with van der Waals surface area (Å²) in [5.41, 5.74) is 1.07. The molecule has 144 valence electrons. The Kier molecular flexibility index (Phi) is 4.21. The highest BCUT2D eigenvalue weighted by Gasteiger charge is 2.43. The van der Waals surface area contributed by atoms with Crippen molar-refractivity contribution >= 4 is 17.1 Å². The molecule has 0 spiro atoms. The van der Waals surface area contributed by atoms with Gasteiger partial charge in [0, 0.05) is 30.2 Å². The van der Waals surface area contributed by atoms with Crippen molar-refractivity contribution in [3.63, 3.8) is 0 Å². The van der Waals surface area contributed by atoms with Crippen LogP contribution in [0.2, 0.25) is 0 Å². The molecule has 0 saturated heterocycles. The number of aliphatic hydroxyl groups excluding tert-OH is 1. The van der Waals surface area contributed by atoms with Crippen LogP contribution < -0.4 is 4.74 Å². The number of ether oxygens (including phenoxy) is 2. The van der Waals surface area contributed by atoms with Crippen LogP contribution in [0, 0.1) is 6.92 Å². The number of phenolic OH excluding ortho intramolecular Hbond substituents is 2. The Morgan fingerprint density at radius 1 is 1.04 bits per heavy atom. The first-order chi connectivity index (χ1) is 13.3. The molecule has 0 aromatic heterocycles. The third-order valence-electron chi connectivity index (χ3n) is 5.01. The van der Waals surface area contributed by atoms with Gasteiger partial charge in [-0.2, -0.15) is 0 Å². The predicted octanol–water partition coefficient (Wildman–Crippen LogP) is 2.14. The lowest BCUT2D eigenvalue weighted by atomic mass is 9.72. The Morgan fingerprint density at radius 2 is 1.79 bits per heavy atom. The third-order valence-corrected chi connectivity index (χ3v) is 5.01. The van der Waals surface area contributed by atoms with E-state index >= 15 is 0 Å². The molecule has 0 aliphatic heterocycles. The molecule has 2 aromatic rings. The lowest BCUT2D eigenvalue weighted by Gasteiger charge is -2.31. The zero-order chi connectivity index (χ0) is 20.2. The fourth-order valence-electron chi connectivity index (χ4n) is 3.93. The standard InChI is InChI=1S/C21H18O7/c1-9-5-10-7-13(24)17-19(15(10)12(23)6-9)21(26)18-14(28-8-27-2)4-3-11(22)16(18)20(17)25/h3-6,13,22-24H,7-8H2,1-2H3/t13-/m1/s1. The minimum absolute atomic E-state index is 0.0587. The van der Waals surface area contributed by atoms with Gasteiger partial charge in [0.15, 0.2) is 18.4 Å². The number of allylic oxidation sites excluding steroid dienone is 1. The van der Waals surface area contributed by atoms with Gasteiger partial charge in [0.05, 0.1) is 17.2 Å². The number of fused-ring (bicyclic) bond motifs is 3. The number of phenols is 2. The van der Waals surface area contributed by atoms with Gasteiger partial charge in [-0.05, 0) is 36.2 Å². The number of aromatic hydroxyl groups is 2. The summed E-state index contributed by atoms with van der Waals surface area (Å²) in [6, 6.07) is 5.89. The Hall–Kier alpha value is -3.16. The molecule has 0 saturated carbocycles. The predicted molar refractivity (Wildman–Crippen MR) is 98.7 cm³/mol. The van der Waals surface area contributed by atoms with Crippen molar-refractivity contribution in [3.05, 3.63) is 57.7 Å². The van der Waals surface area contributed by atoms with Gasteiger partial charge in [0.1, 0.15) is 17.2 Å². The van der Waals surface area contributed by atoms with Gasteiger partial charge in [-0.15, -0.1) is 0 Å². The molecular weight excluding hydrogens is 364 g/mol. The summed E-state index contributed by atoms with van der Waals surface area (Å²) in [6.45, 7) is 1.63. The zero-order valence-corrected chi connectivity index (χ0v) is 15.3. The summed E-state index contributed by atoms with van der Waals surface area (Å²) in [6.07, 6.45) is -1.14. The first-order valence-electron chi connectivity index (χ1n) is 8.67. The van der Waals surface area contributed by atoms with Crippen molar-refractivity contribution in [1.29, 1.82) is 0 Å². The van der Waals surface area contributed by atoms with Gasteiger partial charge < -0.3 is 24.8 Å². The molecule has 1 atom stereocenters. The van der Waals surface area contributed by atoms with Crippen LogP contribution in [0.5, 0.6) is 17.2 Å². The molecule has 7 heteroatoms. The number of hydrogen-bond donors (Lipinski definition) is 3. The maximum absolute atomic E-state index is 13.4. The molecule has 0 radical (unpaired) electrons. The first-order valence-corrected chi connectivity index (χ1v) is 8.67. The van der Waals surface area contributed by atoms with Crippen LogP contribution >= 0.6 is 0 Å². The van der Waals surface area contributed by atoms with Crippen LogP contribution in [0.4, 0.5) is 0 Å². The minimum Gasteiger partial charge on any atom is -0.507 e. The highest BCUT2D eigenvalue weighted by molar-refractivity contribution is 6.42. The monoisotopic (exact) mass is 382 g/mol. The Morgan fingerprint density at radius 3 is 2.50 bits per heavy atom. The first kappa shape index (κ1) is 18.2. The van der Waals surface area contributed by atoms with E-state index in [1.54, 1.807) is 13.0 Å². The van der Waals surface area contributed by atoms with Gasteiger partial charge in [-0.3, -0.25) is 9.59 Å². The number of methoxy groups -OCH3 is 1. The summed E-state index contributed by atoms with van der Waals surface area (Å²) >= 11 is 0. The average Bonchev–Trinajstić information content (AvgIpc) is 2.63. The Balaban J connectivity index is 2.01. The van der Waals surface area contributed by atoms with E-state index in [2.05, 4.69) is 0 Å². The molecule has 0 fully saturated rings. The normalized spacial score (nSPS) is 17.9. The van der Waals surface area contributed by atoms with E-state index in [0.29, 0.717) is 5.56 Å². The lowest BCUT2D eigenvalue weighted by molar-refractivity contribution is 0.0501. The van der Waals surface area contributed by atoms with Crippen LogP contribution in [-0.4, -0.2) is 46.9 Å². The van der Waals surface area contributed by atoms with Crippen LogP contribution in [0.3, 0.4) is 0 Å². The zero-order valence-electron chi connectivity index (χ0n) is 15.3. The number of aliphatic hydroxyl groups is 1. The van der Waals surface area contributed by atoms with Gasteiger partial charge >= 0.3 is 0 Å². The summed E-state index contributed by atoms with van der Waals surface area (Å²) < 4.78 is 10.3. The van der Waals surface area contributed by atoms with Gasteiger partial charge in [-0.1, -0.05) is 6.07 Å². The Bertz CT molecular complexity index is 1060. The topological polar surface area (TPSA) is 113 Å². The average molecular weight is 382 g/mol. The largest absolute Gasteiger partial charge is 0.507 e. The number of hydrogen-bond acceptors (Lipinski definition) is 7. The molecule has 0 heterocycles. The number of carbonyl (C=O) groups excluding carboxylic acids is 2. The van der Waals surface area contributed by atoms with Gasteiger partial charge in [0.25, 0.3) is 0 Å². The lowest BCUT2D eigenvalue weighted by Crippen LogP contribution is -2.33. The second kappa shape index (κ2) is 6.47. The van der Waals surface area contributed by atoms with E-state index in [-0.39, 0.29) is 58.3 Å². The van der Waals surface area contributed by atoms with Crippen molar-refractivity contribution in [2.24, 2.45) is 0 Å². The van der Waals surface area contributed by atoms with E-state index in [0.717, 1.165) is 5.56 Å². The molecule has 2 aromatic carbocycles. The minimum atomic E-state index is -1.23. The van der Waals surface area contributed by atoms with Crippen molar-refractivity contribution < 1.29 is 34.4 Å². The SMILES string of the molecule is COCOc1ccc(O)c2c1C(=O)C1=C(C2=O)[C@H](O)Cc2cc(C)cc(O)c21. The van der Waals surface area contributed by atoms with Crippen LogP contribution in [0.25, 0.3) is 5.57 Å². The molecule has 2 aliphatic rings. The number of aryl methyl sites for hydroxylation is 1. The third kappa shape index (κ3) is 2.51. The molecule has 0 amide bonds. The van der Waals surface area contributed by atoms with Crippen molar-refractivity contribution in [3.8, 4) is 17.2 Å². The molecule has 0 bridgehead atoms. The maximum Gasteiger partial charge on any atom is 0.198 e. The van der Waals surface area contributed by atoms with Crippen LogP contribution in [0.1, 0.15) is 37.4 Å². The van der Waals surface area contributed by atoms with Gasteiger partial charge in [0.2, 0.25) is 0 Å². The molecule has 4 rings (SSSR count). The van der Waals surface area contributed by atoms with Crippen molar-refractivity contribution in [2.45, 2.75) is 19.4 Å². The number of Topliss-reactive ketones (excluding diaryl/α,β-unsaturated/α-hetero) is 2. The van der Waals surface area contributed by atoms with Crippen LogP contribution in [0.15, 0.2) is 29.8 Å². The molecule has 28 heavy (non-hydrogen) atoms. The Labute approximate surface area is 160 Å². The quantitative estimate of drug-likeness (QED) is 0.697. The highest BCUT2D eigenvalue weighted by atomic mass is 16.7. The van der Waals surface area contributed by atoms with E-state index in [4.69, 9.17) is 9.47 Å². The van der Waals surface area contributed by atoms with E-state index in [1.165, 1.54) is 25.3 Å². The molecule has 2 aliphatic carbocycles. The smallest absolute Gasteiger partial charge is 0.198 e. The number of ketones is 2. The van der Waals surface area contributed by atoms with Crippen molar-refractivity contribution in [2.75, 3.05) is 13.9 Å². The van der Waals surface area contributed by atoms with Gasteiger partial charge in [-0.25, -0.2) is 0 Å². The van der Waals surface area contributed by atoms with E-state index in [9.17, 15) is 24.9 Å². The molecule has 3 N–H and O–H groups in total. The van der Waals surface area contributed by atoms with E-state index in [1.807, 2.05) is 0 Å². The summed E-state index contributed by atoms with van der Waals surface area (Å²) in [4.78, 5) is 26.6. The number of rotatable bonds is 3.